The standard InChI is InChI=1S/C16H12ClNO2/c1-11(19)20-16-6-5-15(17)9-14(16)8-12-3-2-4-13(7-12)10-18/h2-7,9H,8H2,1H3. The lowest BCUT2D eigenvalue weighted by molar-refractivity contribution is -0.131. The van der Waals surface area contributed by atoms with Crippen LogP contribution in [-0.2, 0) is 11.2 Å². The van der Waals surface area contributed by atoms with Crippen molar-refractivity contribution in [3.05, 3.63) is 64.2 Å². The van der Waals surface area contributed by atoms with Gasteiger partial charge < -0.3 is 4.74 Å². The van der Waals surface area contributed by atoms with Crippen molar-refractivity contribution in [3.8, 4) is 11.8 Å². The Bertz CT molecular complexity index is 689. The SMILES string of the molecule is CC(=O)Oc1ccc(Cl)cc1Cc1cccc(C#N)c1. The van der Waals surface area contributed by atoms with Crippen molar-refractivity contribution < 1.29 is 9.53 Å². The molecule has 0 aliphatic rings. The summed E-state index contributed by atoms with van der Waals surface area (Å²) >= 11 is 5.99. The van der Waals surface area contributed by atoms with E-state index in [4.69, 9.17) is 21.6 Å². The van der Waals surface area contributed by atoms with Crippen LogP contribution in [-0.4, -0.2) is 5.97 Å². The average Bonchev–Trinajstić information content (AvgIpc) is 2.42. The number of nitrogens with zero attached hydrogens (tertiary/aromatic N) is 1. The summed E-state index contributed by atoms with van der Waals surface area (Å²) in [4.78, 5) is 11.1. The second kappa shape index (κ2) is 6.23. The van der Waals surface area contributed by atoms with Crippen LogP contribution in [0.4, 0.5) is 0 Å². The van der Waals surface area contributed by atoms with Crippen LogP contribution in [0.5, 0.6) is 5.75 Å². The van der Waals surface area contributed by atoms with E-state index in [1.807, 2.05) is 12.1 Å². The number of benzene rings is 2. The van der Waals surface area contributed by atoms with Gasteiger partial charge in [-0.3, -0.25) is 4.79 Å². The van der Waals surface area contributed by atoms with Gasteiger partial charge in [0.2, 0.25) is 0 Å². The molecule has 2 rings (SSSR count). The zero-order chi connectivity index (χ0) is 14.5. The van der Waals surface area contributed by atoms with Crippen molar-refractivity contribution in [2.24, 2.45) is 0 Å². The number of halogens is 1. The molecule has 0 aliphatic carbocycles. The average molecular weight is 286 g/mol. The number of hydrogen-bond acceptors (Lipinski definition) is 3. The molecule has 0 unspecified atom stereocenters. The van der Waals surface area contributed by atoms with Gasteiger partial charge in [-0.05, 0) is 35.9 Å². The minimum Gasteiger partial charge on any atom is -0.426 e. The molecule has 20 heavy (non-hydrogen) atoms. The molecular formula is C16H12ClNO2. The molecule has 2 aromatic carbocycles. The Labute approximate surface area is 122 Å². The van der Waals surface area contributed by atoms with Crippen LogP contribution in [0.15, 0.2) is 42.5 Å². The van der Waals surface area contributed by atoms with Crippen molar-refractivity contribution in [2.75, 3.05) is 0 Å². The maximum Gasteiger partial charge on any atom is 0.308 e. The summed E-state index contributed by atoms with van der Waals surface area (Å²) in [5, 5.41) is 9.48. The van der Waals surface area contributed by atoms with Gasteiger partial charge in [0.15, 0.2) is 0 Å². The molecule has 0 aromatic heterocycles. The van der Waals surface area contributed by atoms with Crippen molar-refractivity contribution in [2.45, 2.75) is 13.3 Å². The van der Waals surface area contributed by atoms with Gasteiger partial charge >= 0.3 is 5.97 Å². The summed E-state index contributed by atoms with van der Waals surface area (Å²) in [7, 11) is 0. The van der Waals surface area contributed by atoms with Gasteiger partial charge in [0.1, 0.15) is 5.75 Å². The number of hydrogen-bond donors (Lipinski definition) is 0. The molecule has 4 heteroatoms. The Morgan fingerprint density at radius 3 is 2.80 bits per heavy atom. The lowest BCUT2D eigenvalue weighted by Crippen LogP contribution is -2.04. The van der Waals surface area contributed by atoms with Gasteiger partial charge in [0, 0.05) is 23.9 Å². The van der Waals surface area contributed by atoms with E-state index in [0.29, 0.717) is 22.8 Å². The molecule has 0 atom stereocenters. The highest BCUT2D eigenvalue weighted by Gasteiger charge is 2.08. The Balaban J connectivity index is 2.34. The fraction of sp³-hybridized carbons (Fsp3) is 0.125. The van der Waals surface area contributed by atoms with Crippen LogP contribution >= 0.6 is 11.6 Å². The summed E-state index contributed by atoms with van der Waals surface area (Å²) in [6, 6.07) is 14.5. The van der Waals surface area contributed by atoms with Crippen molar-refractivity contribution >= 4 is 17.6 Å². The highest BCUT2D eigenvalue weighted by molar-refractivity contribution is 6.30. The number of esters is 1. The van der Waals surface area contributed by atoms with E-state index in [2.05, 4.69) is 6.07 Å². The van der Waals surface area contributed by atoms with E-state index < -0.39 is 0 Å². The van der Waals surface area contributed by atoms with Crippen molar-refractivity contribution in [3.63, 3.8) is 0 Å². The fourth-order valence-corrected chi connectivity index (χ4v) is 2.11. The molecule has 0 spiro atoms. The van der Waals surface area contributed by atoms with Gasteiger partial charge in [-0.15, -0.1) is 0 Å². The molecular weight excluding hydrogens is 274 g/mol. The van der Waals surface area contributed by atoms with Crippen molar-refractivity contribution in [1.82, 2.24) is 0 Å². The third-order valence-electron chi connectivity index (χ3n) is 2.73. The summed E-state index contributed by atoms with van der Waals surface area (Å²) in [6.45, 7) is 1.36. The van der Waals surface area contributed by atoms with Gasteiger partial charge in [-0.2, -0.15) is 5.26 Å². The largest absolute Gasteiger partial charge is 0.426 e. The minimum absolute atomic E-state index is 0.376. The predicted octanol–water partition coefficient (Wildman–Crippen LogP) is 3.73. The first-order valence-electron chi connectivity index (χ1n) is 6.04. The Morgan fingerprint density at radius 2 is 2.10 bits per heavy atom. The van der Waals surface area contributed by atoms with Crippen LogP contribution in [0, 0.1) is 11.3 Å². The highest BCUT2D eigenvalue weighted by atomic mass is 35.5. The maximum atomic E-state index is 11.1. The van der Waals surface area contributed by atoms with Crippen LogP contribution < -0.4 is 4.74 Å². The molecule has 0 radical (unpaired) electrons. The van der Waals surface area contributed by atoms with E-state index in [9.17, 15) is 4.79 Å². The summed E-state index contributed by atoms with van der Waals surface area (Å²) in [6.07, 6.45) is 0.540. The molecule has 0 bridgehead atoms. The molecule has 0 saturated carbocycles. The van der Waals surface area contributed by atoms with E-state index >= 15 is 0 Å². The van der Waals surface area contributed by atoms with Crippen molar-refractivity contribution in [1.29, 1.82) is 5.26 Å². The second-order valence-electron chi connectivity index (χ2n) is 4.33. The summed E-state index contributed by atoms with van der Waals surface area (Å²) < 4.78 is 5.17. The lowest BCUT2D eigenvalue weighted by atomic mass is 10.0. The highest BCUT2D eigenvalue weighted by Crippen LogP contribution is 2.26. The number of nitriles is 1. The molecule has 0 amide bonds. The molecule has 0 saturated heterocycles. The minimum atomic E-state index is -0.376. The van der Waals surface area contributed by atoms with Crippen LogP contribution in [0.1, 0.15) is 23.6 Å². The fourth-order valence-electron chi connectivity index (χ4n) is 1.91. The first-order valence-corrected chi connectivity index (χ1v) is 6.42. The van der Waals surface area contributed by atoms with Gasteiger partial charge in [0.05, 0.1) is 11.6 Å². The summed E-state index contributed by atoms with van der Waals surface area (Å²) in [5.41, 5.74) is 2.36. The molecule has 0 fully saturated rings. The summed E-state index contributed by atoms with van der Waals surface area (Å²) in [5.74, 6) is 0.114. The third kappa shape index (κ3) is 3.59. The Kier molecular flexibility index (Phi) is 4.39. The Morgan fingerprint density at radius 1 is 1.30 bits per heavy atom. The topological polar surface area (TPSA) is 50.1 Å². The van der Waals surface area contributed by atoms with Crippen LogP contribution in [0.25, 0.3) is 0 Å². The molecule has 0 aliphatic heterocycles. The normalized spacial score (nSPS) is 9.85. The first-order chi connectivity index (χ1) is 9.58. The number of carbonyl (C=O) groups is 1. The zero-order valence-corrected chi connectivity index (χ0v) is 11.6. The third-order valence-corrected chi connectivity index (χ3v) is 2.96. The van der Waals surface area contributed by atoms with Gasteiger partial charge in [0.25, 0.3) is 0 Å². The van der Waals surface area contributed by atoms with E-state index in [0.717, 1.165) is 11.1 Å². The predicted molar refractivity (Wildman–Crippen MR) is 76.7 cm³/mol. The molecule has 0 N–H and O–H groups in total. The van der Waals surface area contributed by atoms with E-state index in [1.54, 1.807) is 30.3 Å². The van der Waals surface area contributed by atoms with E-state index in [1.165, 1.54) is 6.92 Å². The zero-order valence-electron chi connectivity index (χ0n) is 10.9. The Hall–Kier alpha value is -2.31. The molecule has 3 nitrogen and oxygen atoms in total. The van der Waals surface area contributed by atoms with Crippen LogP contribution in [0.2, 0.25) is 5.02 Å². The quantitative estimate of drug-likeness (QED) is 0.638. The first kappa shape index (κ1) is 14.1. The molecule has 2 aromatic rings. The van der Waals surface area contributed by atoms with Crippen LogP contribution in [0.3, 0.4) is 0 Å². The van der Waals surface area contributed by atoms with Gasteiger partial charge in [-0.1, -0.05) is 23.7 Å². The van der Waals surface area contributed by atoms with Gasteiger partial charge in [-0.25, -0.2) is 0 Å². The maximum absolute atomic E-state index is 11.1. The second-order valence-corrected chi connectivity index (χ2v) is 4.77. The number of rotatable bonds is 3. The monoisotopic (exact) mass is 285 g/mol. The smallest absolute Gasteiger partial charge is 0.308 e. The van der Waals surface area contributed by atoms with E-state index in [-0.39, 0.29) is 5.97 Å². The molecule has 100 valence electrons. The number of ether oxygens (including phenoxy) is 1. The number of carbonyl (C=O) groups excluding carboxylic acids is 1. The lowest BCUT2D eigenvalue weighted by Gasteiger charge is -2.10. The molecule has 0 heterocycles.